The van der Waals surface area contributed by atoms with Crippen LogP contribution in [0.4, 0.5) is 0 Å². The number of para-hydroxylation sites is 1. The molecule has 2 rings (SSSR count). The van der Waals surface area contributed by atoms with Gasteiger partial charge in [-0.3, -0.25) is 0 Å². The van der Waals surface area contributed by atoms with Gasteiger partial charge in [0, 0.05) is 12.1 Å². The van der Waals surface area contributed by atoms with E-state index in [0.29, 0.717) is 0 Å². The Morgan fingerprint density at radius 2 is 1.94 bits per heavy atom. The molecule has 0 aliphatic carbocycles. The zero-order chi connectivity index (χ0) is 13.0. The Morgan fingerprint density at radius 1 is 1.22 bits per heavy atom. The maximum absolute atomic E-state index is 4.46. The first-order valence-corrected chi connectivity index (χ1v) is 6.32. The van der Waals surface area contributed by atoms with E-state index in [1.165, 1.54) is 0 Å². The summed E-state index contributed by atoms with van der Waals surface area (Å²) in [5.41, 5.74) is 2.08. The molecule has 4 heteroatoms. The Morgan fingerprint density at radius 3 is 2.61 bits per heavy atom. The zero-order valence-corrected chi connectivity index (χ0v) is 11.2. The molecule has 1 aromatic carbocycles. The van der Waals surface area contributed by atoms with Crippen molar-refractivity contribution in [1.29, 1.82) is 0 Å². The molecule has 0 fully saturated rings. The van der Waals surface area contributed by atoms with Crippen molar-refractivity contribution in [2.24, 2.45) is 0 Å². The largest absolute Gasteiger partial charge is 0.306 e. The second-order valence-electron chi connectivity index (χ2n) is 5.05. The van der Waals surface area contributed by atoms with E-state index in [-0.39, 0.29) is 5.54 Å². The number of aromatic nitrogens is 3. The van der Waals surface area contributed by atoms with Gasteiger partial charge in [-0.2, -0.15) is 15.0 Å². The minimum absolute atomic E-state index is 0.135. The molecule has 0 unspecified atom stereocenters. The van der Waals surface area contributed by atoms with Crippen molar-refractivity contribution in [2.45, 2.75) is 39.3 Å². The predicted molar refractivity (Wildman–Crippen MR) is 72.6 cm³/mol. The van der Waals surface area contributed by atoms with E-state index < -0.39 is 0 Å². The van der Waals surface area contributed by atoms with Crippen LogP contribution in [0.2, 0.25) is 0 Å². The number of rotatable bonds is 5. The zero-order valence-electron chi connectivity index (χ0n) is 11.2. The molecule has 0 saturated carbocycles. The lowest BCUT2D eigenvalue weighted by molar-refractivity contribution is 0.372. The lowest BCUT2D eigenvalue weighted by Gasteiger charge is -2.23. The maximum Gasteiger partial charge on any atom is 0.0969 e. The third kappa shape index (κ3) is 3.17. The van der Waals surface area contributed by atoms with Gasteiger partial charge in [0.25, 0.3) is 0 Å². The predicted octanol–water partition coefficient (Wildman–Crippen LogP) is 2.55. The van der Waals surface area contributed by atoms with E-state index in [9.17, 15) is 0 Å². The minimum atomic E-state index is 0.135. The van der Waals surface area contributed by atoms with E-state index in [1.54, 1.807) is 4.80 Å². The van der Waals surface area contributed by atoms with Gasteiger partial charge in [0.1, 0.15) is 0 Å². The van der Waals surface area contributed by atoms with Crippen LogP contribution in [0.1, 0.15) is 32.9 Å². The summed E-state index contributed by atoms with van der Waals surface area (Å²) in [4.78, 5) is 1.66. The third-order valence-corrected chi connectivity index (χ3v) is 3.16. The highest BCUT2D eigenvalue weighted by molar-refractivity contribution is 5.28. The van der Waals surface area contributed by atoms with E-state index in [2.05, 4.69) is 36.3 Å². The van der Waals surface area contributed by atoms with Crippen LogP contribution in [0.25, 0.3) is 5.69 Å². The fraction of sp³-hybridized carbons (Fsp3) is 0.429. The summed E-state index contributed by atoms with van der Waals surface area (Å²) >= 11 is 0. The number of benzene rings is 1. The van der Waals surface area contributed by atoms with Gasteiger partial charge in [-0.15, -0.1) is 0 Å². The Bertz CT molecular complexity index is 488. The van der Waals surface area contributed by atoms with Crippen LogP contribution in [-0.2, 0) is 6.54 Å². The molecular formula is C14H20N4. The van der Waals surface area contributed by atoms with Gasteiger partial charge in [0.2, 0.25) is 0 Å². The molecule has 0 spiro atoms. The molecule has 0 amide bonds. The van der Waals surface area contributed by atoms with Crippen molar-refractivity contribution >= 4 is 0 Å². The van der Waals surface area contributed by atoms with Gasteiger partial charge in [-0.05, 0) is 32.4 Å². The molecule has 0 bridgehead atoms. The molecule has 0 atom stereocenters. The smallest absolute Gasteiger partial charge is 0.0969 e. The number of nitrogens with zero attached hydrogens (tertiary/aromatic N) is 3. The van der Waals surface area contributed by atoms with Crippen LogP contribution >= 0.6 is 0 Å². The Kier molecular flexibility index (Phi) is 3.77. The molecule has 1 aromatic heterocycles. The molecule has 0 aliphatic heterocycles. The summed E-state index contributed by atoms with van der Waals surface area (Å²) in [6.45, 7) is 7.30. The molecule has 96 valence electrons. The van der Waals surface area contributed by atoms with Crippen molar-refractivity contribution in [3.63, 3.8) is 0 Å². The SMILES string of the molecule is CCC(C)(C)NCc1cnn(-c2ccccc2)n1. The molecule has 1 heterocycles. The average Bonchev–Trinajstić information content (AvgIpc) is 2.86. The monoisotopic (exact) mass is 244 g/mol. The highest BCUT2D eigenvalue weighted by Crippen LogP contribution is 2.09. The molecule has 0 saturated heterocycles. The van der Waals surface area contributed by atoms with Crippen molar-refractivity contribution in [2.75, 3.05) is 0 Å². The normalized spacial score (nSPS) is 11.7. The summed E-state index contributed by atoms with van der Waals surface area (Å²) in [5.74, 6) is 0. The second kappa shape index (κ2) is 5.31. The first-order chi connectivity index (χ1) is 8.61. The fourth-order valence-corrected chi connectivity index (χ4v) is 1.52. The molecule has 0 aliphatic rings. The molecule has 0 radical (unpaired) electrons. The van der Waals surface area contributed by atoms with Crippen LogP contribution in [-0.4, -0.2) is 20.5 Å². The molecule has 4 nitrogen and oxygen atoms in total. The lowest BCUT2D eigenvalue weighted by atomic mass is 10.0. The topological polar surface area (TPSA) is 42.7 Å². The summed E-state index contributed by atoms with van der Waals surface area (Å²) in [7, 11) is 0. The van der Waals surface area contributed by atoms with Gasteiger partial charge < -0.3 is 5.32 Å². The Labute approximate surface area is 108 Å². The van der Waals surface area contributed by atoms with E-state index >= 15 is 0 Å². The number of hydrogen-bond donors (Lipinski definition) is 1. The number of nitrogens with one attached hydrogen (secondary N) is 1. The van der Waals surface area contributed by atoms with Crippen LogP contribution in [0, 0.1) is 0 Å². The van der Waals surface area contributed by atoms with Crippen LogP contribution < -0.4 is 5.32 Å². The average molecular weight is 244 g/mol. The third-order valence-electron chi connectivity index (χ3n) is 3.16. The number of hydrogen-bond acceptors (Lipinski definition) is 3. The van der Waals surface area contributed by atoms with Gasteiger partial charge in [-0.1, -0.05) is 25.1 Å². The summed E-state index contributed by atoms with van der Waals surface area (Å²) in [5, 5.41) is 12.2. The maximum atomic E-state index is 4.46. The van der Waals surface area contributed by atoms with Crippen molar-refractivity contribution in [1.82, 2.24) is 20.3 Å². The Balaban J connectivity index is 2.03. The second-order valence-corrected chi connectivity index (χ2v) is 5.05. The van der Waals surface area contributed by atoms with E-state index in [4.69, 9.17) is 0 Å². The molecule has 18 heavy (non-hydrogen) atoms. The van der Waals surface area contributed by atoms with Gasteiger partial charge >= 0.3 is 0 Å². The molecule has 2 aromatic rings. The van der Waals surface area contributed by atoms with E-state index in [0.717, 1.165) is 24.3 Å². The fourth-order valence-electron chi connectivity index (χ4n) is 1.52. The standard InChI is InChI=1S/C14H20N4/c1-4-14(2,3)15-10-12-11-16-18(17-12)13-8-6-5-7-9-13/h5-9,11,15H,4,10H2,1-3H3. The highest BCUT2D eigenvalue weighted by Gasteiger charge is 2.14. The van der Waals surface area contributed by atoms with Crippen molar-refractivity contribution < 1.29 is 0 Å². The van der Waals surface area contributed by atoms with E-state index in [1.807, 2.05) is 36.5 Å². The van der Waals surface area contributed by atoms with Crippen LogP contribution in [0.5, 0.6) is 0 Å². The summed E-state index contributed by atoms with van der Waals surface area (Å²) < 4.78 is 0. The van der Waals surface area contributed by atoms with Gasteiger partial charge in [0.15, 0.2) is 0 Å². The van der Waals surface area contributed by atoms with Crippen LogP contribution in [0.3, 0.4) is 0 Å². The Hall–Kier alpha value is -1.68. The summed E-state index contributed by atoms with van der Waals surface area (Å²) in [6, 6.07) is 9.94. The van der Waals surface area contributed by atoms with Crippen molar-refractivity contribution in [3.05, 3.63) is 42.2 Å². The lowest BCUT2D eigenvalue weighted by Crippen LogP contribution is -2.37. The summed E-state index contributed by atoms with van der Waals surface area (Å²) in [6.07, 6.45) is 2.89. The van der Waals surface area contributed by atoms with Crippen LogP contribution in [0.15, 0.2) is 36.5 Å². The first-order valence-electron chi connectivity index (χ1n) is 6.32. The van der Waals surface area contributed by atoms with Gasteiger partial charge in [0.05, 0.1) is 17.6 Å². The quantitative estimate of drug-likeness (QED) is 0.879. The molecule has 1 N–H and O–H groups in total. The molecular weight excluding hydrogens is 224 g/mol. The van der Waals surface area contributed by atoms with Crippen molar-refractivity contribution in [3.8, 4) is 5.69 Å². The highest BCUT2D eigenvalue weighted by atomic mass is 15.5. The first kappa shape index (κ1) is 12.8. The minimum Gasteiger partial charge on any atom is -0.306 e. The van der Waals surface area contributed by atoms with Gasteiger partial charge in [-0.25, -0.2) is 0 Å².